The van der Waals surface area contributed by atoms with Crippen molar-refractivity contribution in [3.05, 3.63) is 29.8 Å². The summed E-state index contributed by atoms with van der Waals surface area (Å²) in [7, 11) is -3.53. The van der Waals surface area contributed by atoms with Crippen LogP contribution in [0.4, 0.5) is 0 Å². The fourth-order valence-corrected chi connectivity index (χ4v) is 3.76. The van der Waals surface area contributed by atoms with E-state index in [1.807, 2.05) is 13.8 Å². The minimum atomic E-state index is -3.53. The van der Waals surface area contributed by atoms with Gasteiger partial charge >= 0.3 is 0 Å². The van der Waals surface area contributed by atoms with Gasteiger partial charge in [-0.25, -0.2) is 13.1 Å². The van der Waals surface area contributed by atoms with Gasteiger partial charge in [-0.2, -0.15) is 0 Å². The number of hydrogen-bond acceptors (Lipinski definition) is 4. The van der Waals surface area contributed by atoms with Crippen LogP contribution in [0.15, 0.2) is 29.2 Å². The molecule has 0 aliphatic carbocycles. The molecule has 1 aromatic rings. The standard InChI is InChI=1S/C16H25N3O3S/c1-3-12(2)19-23(21,22)15-6-4-13(5-7-15)16(20)18-14-8-10-17-11-9-14/h4-7,12,14,17,19H,3,8-11H2,1-2H3,(H,18,20). The van der Waals surface area contributed by atoms with Crippen LogP contribution < -0.4 is 15.4 Å². The molecule has 6 nitrogen and oxygen atoms in total. The van der Waals surface area contributed by atoms with E-state index >= 15 is 0 Å². The summed E-state index contributed by atoms with van der Waals surface area (Å²) in [6.45, 7) is 5.55. The van der Waals surface area contributed by atoms with Crippen molar-refractivity contribution in [2.24, 2.45) is 0 Å². The number of carbonyl (C=O) groups excluding carboxylic acids is 1. The van der Waals surface area contributed by atoms with E-state index in [2.05, 4.69) is 15.4 Å². The lowest BCUT2D eigenvalue weighted by Crippen LogP contribution is -2.42. The van der Waals surface area contributed by atoms with Crippen molar-refractivity contribution in [3.8, 4) is 0 Å². The number of piperidine rings is 1. The highest BCUT2D eigenvalue weighted by atomic mass is 32.2. The van der Waals surface area contributed by atoms with Gasteiger partial charge in [-0.3, -0.25) is 4.79 Å². The number of nitrogens with one attached hydrogen (secondary N) is 3. The molecular weight excluding hydrogens is 314 g/mol. The molecule has 0 bridgehead atoms. The van der Waals surface area contributed by atoms with E-state index in [1.54, 1.807) is 12.1 Å². The molecule has 23 heavy (non-hydrogen) atoms. The Morgan fingerprint density at radius 3 is 2.43 bits per heavy atom. The zero-order valence-corrected chi connectivity index (χ0v) is 14.4. The largest absolute Gasteiger partial charge is 0.349 e. The predicted octanol–water partition coefficient (Wildman–Crippen LogP) is 1.25. The van der Waals surface area contributed by atoms with E-state index in [1.165, 1.54) is 12.1 Å². The first kappa shape index (κ1) is 17.9. The second kappa shape index (κ2) is 7.90. The number of hydrogen-bond donors (Lipinski definition) is 3. The number of rotatable bonds is 6. The van der Waals surface area contributed by atoms with Crippen LogP contribution in [0.1, 0.15) is 43.5 Å². The minimum Gasteiger partial charge on any atom is -0.349 e. The summed E-state index contributed by atoms with van der Waals surface area (Å²) in [4.78, 5) is 12.4. The highest BCUT2D eigenvalue weighted by molar-refractivity contribution is 7.89. The molecule has 0 saturated carbocycles. The van der Waals surface area contributed by atoms with Gasteiger partial charge < -0.3 is 10.6 Å². The zero-order valence-electron chi connectivity index (χ0n) is 13.6. The quantitative estimate of drug-likeness (QED) is 0.728. The summed E-state index contributed by atoms with van der Waals surface area (Å²) < 4.78 is 27.0. The average molecular weight is 339 g/mol. The second-order valence-corrected chi connectivity index (χ2v) is 7.67. The molecule has 1 atom stereocenters. The van der Waals surface area contributed by atoms with E-state index in [0.29, 0.717) is 5.56 Å². The summed E-state index contributed by atoms with van der Waals surface area (Å²) >= 11 is 0. The van der Waals surface area contributed by atoms with Crippen molar-refractivity contribution < 1.29 is 13.2 Å². The fraction of sp³-hybridized carbons (Fsp3) is 0.562. The van der Waals surface area contributed by atoms with Crippen LogP contribution in [-0.4, -0.2) is 39.5 Å². The van der Waals surface area contributed by atoms with E-state index in [4.69, 9.17) is 0 Å². The van der Waals surface area contributed by atoms with Gasteiger partial charge in [0.1, 0.15) is 0 Å². The Kier molecular flexibility index (Phi) is 6.15. The first-order valence-corrected chi connectivity index (χ1v) is 9.54. The number of benzene rings is 1. The zero-order chi connectivity index (χ0) is 16.9. The normalized spacial score (nSPS) is 17.7. The fourth-order valence-electron chi connectivity index (χ4n) is 2.44. The molecule has 0 radical (unpaired) electrons. The lowest BCUT2D eigenvalue weighted by molar-refractivity contribution is 0.0929. The third kappa shape index (κ3) is 5.02. The van der Waals surface area contributed by atoms with E-state index in [0.717, 1.165) is 32.4 Å². The lowest BCUT2D eigenvalue weighted by Gasteiger charge is -2.23. The van der Waals surface area contributed by atoms with Gasteiger partial charge in [0.15, 0.2) is 0 Å². The first-order chi connectivity index (χ1) is 10.9. The van der Waals surface area contributed by atoms with Crippen molar-refractivity contribution in [1.29, 1.82) is 0 Å². The van der Waals surface area contributed by atoms with Crippen LogP contribution in [0.5, 0.6) is 0 Å². The molecule has 128 valence electrons. The van der Waals surface area contributed by atoms with E-state index in [9.17, 15) is 13.2 Å². The van der Waals surface area contributed by atoms with Crippen LogP contribution >= 0.6 is 0 Å². The molecule has 1 aliphatic heterocycles. The third-order valence-electron chi connectivity index (χ3n) is 4.07. The Morgan fingerprint density at radius 2 is 1.87 bits per heavy atom. The summed E-state index contributed by atoms with van der Waals surface area (Å²) in [6.07, 6.45) is 2.55. The van der Waals surface area contributed by atoms with Gasteiger partial charge in [-0.15, -0.1) is 0 Å². The summed E-state index contributed by atoms with van der Waals surface area (Å²) in [5.41, 5.74) is 0.478. The van der Waals surface area contributed by atoms with Crippen LogP contribution in [-0.2, 0) is 10.0 Å². The smallest absolute Gasteiger partial charge is 0.251 e. The molecule has 1 aromatic carbocycles. The first-order valence-electron chi connectivity index (χ1n) is 8.06. The summed E-state index contributed by atoms with van der Waals surface area (Å²) in [5, 5.41) is 6.24. The van der Waals surface area contributed by atoms with Crippen LogP contribution in [0, 0.1) is 0 Å². The predicted molar refractivity (Wildman–Crippen MR) is 89.9 cm³/mol. The molecular formula is C16H25N3O3S. The summed E-state index contributed by atoms with van der Waals surface area (Å²) in [6, 6.07) is 6.12. The Balaban J connectivity index is 2.02. The Labute approximate surface area is 138 Å². The highest BCUT2D eigenvalue weighted by Crippen LogP contribution is 2.12. The molecule has 1 unspecified atom stereocenters. The second-order valence-electron chi connectivity index (χ2n) is 5.95. The molecule has 2 rings (SSSR count). The van der Waals surface area contributed by atoms with Gasteiger partial charge in [-0.05, 0) is 63.5 Å². The average Bonchev–Trinajstić information content (AvgIpc) is 2.55. The van der Waals surface area contributed by atoms with Gasteiger partial charge in [0.05, 0.1) is 4.90 Å². The van der Waals surface area contributed by atoms with Crippen LogP contribution in [0.25, 0.3) is 0 Å². The molecule has 1 fully saturated rings. The van der Waals surface area contributed by atoms with Gasteiger partial charge in [0, 0.05) is 17.6 Å². The molecule has 3 N–H and O–H groups in total. The van der Waals surface area contributed by atoms with Crippen molar-refractivity contribution in [2.75, 3.05) is 13.1 Å². The van der Waals surface area contributed by atoms with Crippen molar-refractivity contribution in [3.63, 3.8) is 0 Å². The maximum atomic E-state index is 12.2. The van der Waals surface area contributed by atoms with Gasteiger partial charge in [0.2, 0.25) is 10.0 Å². The summed E-state index contributed by atoms with van der Waals surface area (Å²) in [5.74, 6) is -0.157. The van der Waals surface area contributed by atoms with Crippen LogP contribution in [0.3, 0.4) is 0 Å². The molecule has 1 saturated heterocycles. The molecule has 1 aliphatic rings. The van der Waals surface area contributed by atoms with Crippen molar-refractivity contribution in [2.45, 2.75) is 50.1 Å². The minimum absolute atomic E-state index is 0.122. The molecule has 7 heteroatoms. The molecule has 1 amide bonds. The van der Waals surface area contributed by atoms with E-state index in [-0.39, 0.29) is 22.9 Å². The third-order valence-corrected chi connectivity index (χ3v) is 5.68. The van der Waals surface area contributed by atoms with E-state index < -0.39 is 10.0 Å². The Morgan fingerprint density at radius 1 is 1.26 bits per heavy atom. The van der Waals surface area contributed by atoms with Gasteiger partial charge in [-0.1, -0.05) is 6.92 Å². The lowest BCUT2D eigenvalue weighted by atomic mass is 10.1. The van der Waals surface area contributed by atoms with Crippen molar-refractivity contribution in [1.82, 2.24) is 15.4 Å². The molecule has 0 spiro atoms. The van der Waals surface area contributed by atoms with Crippen LogP contribution in [0.2, 0.25) is 0 Å². The Bertz CT molecular complexity index is 622. The van der Waals surface area contributed by atoms with Crippen molar-refractivity contribution >= 4 is 15.9 Å². The number of sulfonamides is 1. The molecule has 1 heterocycles. The number of amides is 1. The highest BCUT2D eigenvalue weighted by Gasteiger charge is 2.19. The monoisotopic (exact) mass is 339 g/mol. The Hall–Kier alpha value is -1.44. The maximum Gasteiger partial charge on any atom is 0.251 e. The maximum absolute atomic E-state index is 12.2. The molecule has 0 aromatic heterocycles. The van der Waals surface area contributed by atoms with Gasteiger partial charge in [0.25, 0.3) is 5.91 Å². The SMILES string of the molecule is CCC(C)NS(=O)(=O)c1ccc(C(=O)NC2CCNCC2)cc1. The number of carbonyl (C=O) groups is 1. The topological polar surface area (TPSA) is 87.3 Å².